The van der Waals surface area contributed by atoms with Crippen molar-refractivity contribution < 1.29 is 18.0 Å². The zero-order valence-corrected chi connectivity index (χ0v) is 17.8. The molecule has 0 radical (unpaired) electrons. The number of hydrogen-bond donors (Lipinski definition) is 2. The number of rotatable bonds is 4. The van der Waals surface area contributed by atoms with Crippen LogP contribution in [0.3, 0.4) is 0 Å². The summed E-state index contributed by atoms with van der Waals surface area (Å²) in [7, 11) is -3.77. The van der Waals surface area contributed by atoms with E-state index in [1.807, 2.05) is 20.8 Å². The quantitative estimate of drug-likeness (QED) is 0.800. The van der Waals surface area contributed by atoms with Crippen molar-refractivity contribution in [2.45, 2.75) is 39.0 Å². The van der Waals surface area contributed by atoms with Crippen LogP contribution in [0.25, 0.3) is 0 Å². The Hall–Kier alpha value is -2.87. The number of benzene rings is 2. The van der Waals surface area contributed by atoms with Crippen molar-refractivity contribution in [3.63, 3.8) is 0 Å². The first-order valence-corrected chi connectivity index (χ1v) is 10.8. The molecule has 7 nitrogen and oxygen atoms in total. The van der Waals surface area contributed by atoms with Gasteiger partial charge >= 0.3 is 0 Å². The highest BCUT2D eigenvalue weighted by Crippen LogP contribution is 2.31. The summed E-state index contributed by atoms with van der Waals surface area (Å²) in [4.78, 5) is 25.5. The van der Waals surface area contributed by atoms with Gasteiger partial charge in [0.05, 0.1) is 4.90 Å². The Kier molecular flexibility index (Phi) is 5.40. The minimum absolute atomic E-state index is 0.0591. The van der Waals surface area contributed by atoms with E-state index < -0.39 is 15.4 Å². The van der Waals surface area contributed by atoms with E-state index in [2.05, 4.69) is 10.0 Å². The maximum atomic E-state index is 12.7. The second-order valence-corrected chi connectivity index (χ2v) is 9.78. The molecular formula is C21H25N3O4S. The Morgan fingerprint density at radius 3 is 2.21 bits per heavy atom. The maximum Gasteiger partial charge on any atom is 0.261 e. The summed E-state index contributed by atoms with van der Waals surface area (Å²) in [6.45, 7) is 7.50. The number of amides is 2. The number of sulfonamides is 1. The van der Waals surface area contributed by atoms with Gasteiger partial charge < -0.3 is 10.2 Å². The summed E-state index contributed by atoms with van der Waals surface area (Å²) < 4.78 is 28.0. The van der Waals surface area contributed by atoms with E-state index >= 15 is 0 Å². The van der Waals surface area contributed by atoms with Crippen molar-refractivity contribution in [3.8, 4) is 0 Å². The van der Waals surface area contributed by atoms with Crippen LogP contribution in [0.15, 0.2) is 47.4 Å². The van der Waals surface area contributed by atoms with Crippen molar-refractivity contribution in [2.75, 3.05) is 21.5 Å². The fraction of sp³-hybridized carbons (Fsp3) is 0.333. The summed E-state index contributed by atoms with van der Waals surface area (Å²) >= 11 is 0. The SMILES string of the molecule is CC(=O)N1CCc2cc(S(=O)(=O)Nc3ccc(NC(=O)C(C)(C)C)cc3)ccc21. The van der Waals surface area contributed by atoms with Gasteiger partial charge in [0.1, 0.15) is 0 Å². The fourth-order valence-electron chi connectivity index (χ4n) is 3.03. The molecule has 0 saturated carbocycles. The van der Waals surface area contributed by atoms with Crippen LogP contribution in [0.1, 0.15) is 33.3 Å². The van der Waals surface area contributed by atoms with Crippen molar-refractivity contribution in [1.82, 2.24) is 0 Å². The minimum Gasteiger partial charge on any atom is -0.326 e. The molecule has 1 heterocycles. The van der Waals surface area contributed by atoms with Gasteiger partial charge in [0.15, 0.2) is 0 Å². The van der Waals surface area contributed by atoms with Gasteiger partial charge in [0.25, 0.3) is 10.0 Å². The van der Waals surface area contributed by atoms with E-state index in [1.54, 1.807) is 41.3 Å². The number of anilines is 3. The molecule has 0 aliphatic carbocycles. The van der Waals surface area contributed by atoms with E-state index in [1.165, 1.54) is 13.0 Å². The fourth-order valence-corrected chi connectivity index (χ4v) is 4.14. The molecule has 2 N–H and O–H groups in total. The third kappa shape index (κ3) is 4.59. The highest BCUT2D eigenvalue weighted by Gasteiger charge is 2.25. The molecule has 1 aliphatic heterocycles. The second-order valence-electron chi connectivity index (χ2n) is 8.10. The van der Waals surface area contributed by atoms with E-state index in [0.717, 1.165) is 11.3 Å². The molecule has 29 heavy (non-hydrogen) atoms. The highest BCUT2D eigenvalue weighted by molar-refractivity contribution is 7.92. The van der Waals surface area contributed by atoms with Gasteiger partial charge in [-0.25, -0.2) is 8.42 Å². The lowest BCUT2D eigenvalue weighted by Crippen LogP contribution is -2.27. The van der Waals surface area contributed by atoms with Crippen molar-refractivity contribution >= 4 is 38.9 Å². The summed E-state index contributed by atoms with van der Waals surface area (Å²) in [6, 6.07) is 11.3. The number of carbonyl (C=O) groups is 2. The molecule has 1 aliphatic rings. The summed E-state index contributed by atoms with van der Waals surface area (Å²) in [6.07, 6.45) is 0.625. The predicted molar refractivity (Wildman–Crippen MR) is 114 cm³/mol. The second kappa shape index (κ2) is 7.51. The number of carbonyl (C=O) groups excluding carboxylic acids is 2. The molecule has 2 amide bonds. The van der Waals surface area contributed by atoms with Gasteiger partial charge in [-0.15, -0.1) is 0 Å². The lowest BCUT2D eigenvalue weighted by molar-refractivity contribution is -0.123. The number of fused-ring (bicyclic) bond motifs is 1. The molecule has 2 aromatic rings. The molecule has 0 aromatic heterocycles. The monoisotopic (exact) mass is 415 g/mol. The van der Waals surface area contributed by atoms with Gasteiger partial charge in [-0.05, 0) is 54.4 Å². The van der Waals surface area contributed by atoms with Crippen LogP contribution in [-0.4, -0.2) is 26.8 Å². The van der Waals surface area contributed by atoms with Crippen LogP contribution < -0.4 is 14.9 Å². The third-order valence-corrected chi connectivity index (χ3v) is 6.09. The Morgan fingerprint density at radius 1 is 1.00 bits per heavy atom. The standard InChI is InChI=1S/C21H25N3O4S/c1-14(25)24-12-11-15-13-18(9-10-19(15)24)29(27,28)23-17-7-5-16(6-8-17)22-20(26)21(2,3)4/h5-10,13,23H,11-12H2,1-4H3,(H,22,26). The number of hydrogen-bond acceptors (Lipinski definition) is 4. The molecule has 0 saturated heterocycles. The van der Waals surface area contributed by atoms with E-state index in [-0.39, 0.29) is 16.7 Å². The molecule has 0 atom stereocenters. The zero-order valence-electron chi connectivity index (χ0n) is 16.9. The topological polar surface area (TPSA) is 95.6 Å². The van der Waals surface area contributed by atoms with Crippen molar-refractivity contribution in [2.24, 2.45) is 5.41 Å². The first kappa shape index (κ1) is 20.9. The molecule has 0 fully saturated rings. The van der Waals surface area contributed by atoms with E-state index in [0.29, 0.717) is 24.3 Å². The van der Waals surface area contributed by atoms with Crippen LogP contribution in [0.2, 0.25) is 0 Å². The van der Waals surface area contributed by atoms with Gasteiger partial charge in [0, 0.05) is 35.9 Å². The van der Waals surface area contributed by atoms with E-state index in [4.69, 9.17) is 0 Å². The predicted octanol–water partition coefficient (Wildman–Crippen LogP) is 3.38. The molecule has 8 heteroatoms. The first-order valence-electron chi connectivity index (χ1n) is 9.33. The van der Waals surface area contributed by atoms with Gasteiger partial charge in [-0.2, -0.15) is 0 Å². The number of nitrogens with one attached hydrogen (secondary N) is 2. The highest BCUT2D eigenvalue weighted by atomic mass is 32.2. The van der Waals surface area contributed by atoms with Gasteiger partial charge in [-0.3, -0.25) is 14.3 Å². The Labute approximate surface area is 171 Å². The Balaban J connectivity index is 1.75. The normalized spacial score (nSPS) is 13.7. The maximum absolute atomic E-state index is 12.7. The first-order chi connectivity index (χ1) is 13.5. The molecule has 0 spiro atoms. The Morgan fingerprint density at radius 2 is 1.62 bits per heavy atom. The lowest BCUT2D eigenvalue weighted by Gasteiger charge is -2.18. The summed E-state index contributed by atoms with van der Waals surface area (Å²) in [5.74, 6) is -0.181. The van der Waals surface area contributed by atoms with Crippen LogP contribution in [0.4, 0.5) is 17.1 Å². The lowest BCUT2D eigenvalue weighted by atomic mass is 9.95. The smallest absolute Gasteiger partial charge is 0.261 e. The van der Waals surface area contributed by atoms with Gasteiger partial charge in [0.2, 0.25) is 11.8 Å². The molecule has 154 valence electrons. The summed E-state index contributed by atoms with van der Waals surface area (Å²) in [5.41, 5.74) is 2.06. The minimum atomic E-state index is -3.77. The largest absolute Gasteiger partial charge is 0.326 e. The van der Waals surface area contributed by atoms with Crippen molar-refractivity contribution in [1.29, 1.82) is 0 Å². The van der Waals surface area contributed by atoms with Gasteiger partial charge in [-0.1, -0.05) is 20.8 Å². The van der Waals surface area contributed by atoms with Crippen molar-refractivity contribution in [3.05, 3.63) is 48.0 Å². The third-order valence-electron chi connectivity index (χ3n) is 4.71. The van der Waals surface area contributed by atoms with Crippen LogP contribution in [0, 0.1) is 5.41 Å². The zero-order chi connectivity index (χ0) is 21.4. The average Bonchev–Trinajstić information content (AvgIpc) is 3.06. The molecule has 0 unspecified atom stereocenters. The van der Waals surface area contributed by atoms with Crippen LogP contribution in [0.5, 0.6) is 0 Å². The summed E-state index contributed by atoms with van der Waals surface area (Å²) in [5, 5.41) is 2.80. The molecule has 0 bridgehead atoms. The Bertz CT molecular complexity index is 1050. The molecule has 3 rings (SSSR count). The molecule has 2 aromatic carbocycles. The average molecular weight is 416 g/mol. The van der Waals surface area contributed by atoms with Crippen LogP contribution >= 0.6 is 0 Å². The number of nitrogens with zero attached hydrogens (tertiary/aromatic N) is 1. The van der Waals surface area contributed by atoms with Crippen LogP contribution in [-0.2, 0) is 26.0 Å². The van der Waals surface area contributed by atoms with E-state index in [9.17, 15) is 18.0 Å². The molecular weight excluding hydrogens is 390 g/mol.